The monoisotopic (exact) mass is 570 g/mol. The van der Waals surface area contributed by atoms with Crippen molar-refractivity contribution < 1.29 is 38.6 Å². The molecule has 2 fully saturated rings. The normalized spacial score (nSPS) is 17.9. The molecule has 0 unspecified atom stereocenters. The molecule has 220 valence electrons. The lowest BCUT2D eigenvalue weighted by atomic mass is 10.1. The summed E-state index contributed by atoms with van der Waals surface area (Å²) in [5.74, 6) is -1.41. The number of anilines is 1. The summed E-state index contributed by atoms with van der Waals surface area (Å²) in [5.41, 5.74) is 0.732. The van der Waals surface area contributed by atoms with Gasteiger partial charge in [0.1, 0.15) is 17.6 Å². The van der Waals surface area contributed by atoms with E-state index in [4.69, 9.17) is 14.3 Å². The van der Waals surface area contributed by atoms with Crippen LogP contribution in [0.3, 0.4) is 0 Å². The number of hydrogen-bond donors (Lipinski definition) is 3. The summed E-state index contributed by atoms with van der Waals surface area (Å²) in [6, 6.07) is 9.60. The zero-order valence-electron chi connectivity index (χ0n) is 22.8. The van der Waals surface area contributed by atoms with E-state index in [1.807, 2.05) is 30.3 Å². The van der Waals surface area contributed by atoms with Crippen LogP contribution in [0.4, 0.5) is 10.6 Å². The van der Waals surface area contributed by atoms with E-state index >= 15 is 0 Å². The van der Waals surface area contributed by atoms with Crippen LogP contribution in [0.25, 0.3) is 11.4 Å². The van der Waals surface area contributed by atoms with Crippen molar-refractivity contribution in [2.45, 2.75) is 38.3 Å². The number of benzene rings is 1. The minimum atomic E-state index is -1.11. The zero-order chi connectivity index (χ0) is 29.2. The summed E-state index contributed by atoms with van der Waals surface area (Å²) >= 11 is 0. The lowest BCUT2D eigenvalue weighted by Crippen LogP contribution is -2.55. The minimum Gasteiger partial charge on any atom is -0.481 e. The van der Waals surface area contributed by atoms with Gasteiger partial charge in [-0.05, 0) is 19.8 Å². The second-order valence-corrected chi connectivity index (χ2v) is 9.52. The van der Waals surface area contributed by atoms with Gasteiger partial charge in [0.25, 0.3) is 5.91 Å². The zero-order valence-corrected chi connectivity index (χ0v) is 22.8. The molecule has 0 aliphatic carbocycles. The van der Waals surface area contributed by atoms with E-state index in [2.05, 4.69) is 20.6 Å². The number of nitrogens with one attached hydrogen (secondary N) is 2. The van der Waals surface area contributed by atoms with Gasteiger partial charge < -0.3 is 35.0 Å². The third kappa shape index (κ3) is 8.59. The van der Waals surface area contributed by atoms with Gasteiger partial charge in [0, 0.05) is 37.7 Å². The van der Waals surface area contributed by atoms with Crippen LogP contribution in [-0.4, -0.2) is 107 Å². The second-order valence-electron chi connectivity index (χ2n) is 9.52. The Hall–Kier alpha value is -4.30. The number of hydroxylamine groups is 2. The van der Waals surface area contributed by atoms with Gasteiger partial charge in [0.15, 0.2) is 5.82 Å². The Kier molecular flexibility index (Phi) is 10.4. The van der Waals surface area contributed by atoms with Crippen LogP contribution in [0.2, 0.25) is 0 Å². The Bertz CT molecular complexity index is 1220. The minimum absolute atomic E-state index is 0.0285. The largest absolute Gasteiger partial charge is 0.527 e. The SMILES string of the molecule is CCOC(=O)ON1CCN(C(=O)[C@H](CCC(=O)O)NC(=O)c2cc(N[C@@H]3CCOC3)nc(-c3ccccc3)n2)CC1. The molecule has 0 radical (unpaired) electrons. The Balaban J connectivity index is 1.49. The van der Waals surface area contributed by atoms with Crippen molar-refractivity contribution in [3.05, 3.63) is 42.1 Å². The van der Waals surface area contributed by atoms with Gasteiger partial charge in [-0.25, -0.2) is 14.8 Å². The predicted octanol–water partition coefficient (Wildman–Crippen LogP) is 1.54. The molecule has 1 aromatic heterocycles. The molecule has 0 saturated carbocycles. The highest BCUT2D eigenvalue weighted by Gasteiger charge is 2.31. The maximum atomic E-state index is 13.4. The molecule has 2 atom stereocenters. The van der Waals surface area contributed by atoms with E-state index in [1.54, 1.807) is 6.92 Å². The maximum absolute atomic E-state index is 13.4. The molecule has 2 aliphatic rings. The standard InChI is InChI=1S/C27H34N6O8/c1-2-40-27(38)41-33-13-11-32(12-14-33)26(37)20(8-9-23(34)35)30-25(36)21-16-22(28-19-10-15-39-17-19)31-24(29-21)18-6-4-3-5-7-18/h3-7,16,19-20H,2,8-15,17H2,1H3,(H,30,36)(H,34,35)(H,28,29,31)/t19-,20+/m1/s1. The molecular weight excluding hydrogens is 536 g/mol. The number of carboxylic acids is 1. The van der Waals surface area contributed by atoms with Crippen LogP contribution in [-0.2, 0) is 23.9 Å². The van der Waals surface area contributed by atoms with Crippen LogP contribution >= 0.6 is 0 Å². The van der Waals surface area contributed by atoms with Gasteiger partial charge in [-0.1, -0.05) is 30.3 Å². The summed E-state index contributed by atoms with van der Waals surface area (Å²) in [5, 5.41) is 16.6. The molecule has 41 heavy (non-hydrogen) atoms. The number of aliphatic carboxylic acids is 1. The quantitative estimate of drug-likeness (QED) is 0.333. The van der Waals surface area contributed by atoms with E-state index in [0.717, 1.165) is 6.42 Å². The van der Waals surface area contributed by atoms with Crippen molar-refractivity contribution in [2.24, 2.45) is 0 Å². The number of piperazine rings is 1. The molecule has 4 rings (SSSR count). The number of hydrogen-bond acceptors (Lipinski definition) is 11. The second kappa shape index (κ2) is 14.4. The first-order valence-electron chi connectivity index (χ1n) is 13.5. The molecule has 2 saturated heterocycles. The topological polar surface area (TPSA) is 173 Å². The summed E-state index contributed by atoms with van der Waals surface area (Å²) in [4.78, 5) is 65.4. The van der Waals surface area contributed by atoms with Crippen molar-refractivity contribution in [2.75, 3.05) is 51.3 Å². The third-order valence-corrected chi connectivity index (χ3v) is 6.54. The lowest BCUT2D eigenvalue weighted by Gasteiger charge is -2.35. The van der Waals surface area contributed by atoms with Crippen molar-refractivity contribution in [1.82, 2.24) is 25.2 Å². The molecule has 3 N–H and O–H groups in total. The summed E-state index contributed by atoms with van der Waals surface area (Å²) < 4.78 is 10.2. The van der Waals surface area contributed by atoms with E-state index < -0.39 is 30.0 Å². The molecule has 2 aromatic rings. The first kappa shape index (κ1) is 29.7. The molecule has 2 aliphatic heterocycles. The van der Waals surface area contributed by atoms with Crippen LogP contribution < -0.4 is 10.6 Å². The highest BCUT2D eigenvalue weighted by molar-refractivity contribution is 5.97. The number of carbonyl (C=O) groups is 4. The number of carboxylic acid groups (broad SMARTS) is 1. The van der Waals surface area contributed by atoms with Crippen molar-refractivity contribution in [3.8, 4) is 11.4 Å². The highest BCUT2D eigenvalue weighted by Crippen LogP contribution is 2.20. The van der Waals surface area contributed by atoms with Gasteiger partial charge >= 0.3 is 12.1 Å². The van der Waals surface area contributed by atoms with Gasteiger partial charge in [-0.2, -0.15) is 0 Å². The Labute approximate surface area is 236 Å². The lowest BCUT2D eigenvalue weighted by molar-refractivity contribution is -0.157. The van der Waals surface area contributed by atoms with E-state index in [9.17, 15) is 24.3 Å². The molecule has 1 aromatic carbocycles. The molecular formula is C27H34N6O8. The van der Waals surface area contributed by atoms with Gasteiger partial charge in [0.05, 0.1) is 32.3 Å². The molecule has 2 amide bonds. The average molecular weight is 571 g/mol. The number of ether oxygens (including phenoxy) is 2. The molecule has 0 spiro atoms. The predicted molar refractivity (Wildman–Crippen MR) is 145 cm³/mol. The number of amides is 2. The molecule has 3 heterocycles. The number of nitrogens with zero attached hydrogens (tertiary/aromatic N) is 4. The van der Waals surface area contributed by atoms with E-state index in [0.29, 0.717) is 30.4 Å². The Morgan fingerprint density at radius 3 is 2.54 bits per heavy atom. The number of carbonyl (C=O) groups excluding carboxylic acids is 3. The maximum Gasteiger partial charge on any atom is 0.527 e. The fraction of sp³-hybridized carbons (Fsp3) is 0.481. The third-order valence-electron chi connectivity index (χ3n) is 6.54. The van der Waals surface area contributed by atoms with Crippen LogP contribution in [0.5, 0.6) is 0 Å². The van der Waals surface area contributed by atoms with E-state index in [-0.39, 0.29) is 57.4 Å². The van der Waals surface area contributed by atoms with Crippen LogP contribution in [0.15, 0.2) is 36.4 Å². The Morgan fingerprint density at radius 2 is 1.88 bits per heavy atom. The average Bonchev–Trinajstić information content (AvgIpc) is 3.48. The van der Waals surface area contributed by atoms with Crippen molar-refractivity contribution in [1.29, 1.82) is 0 Å². The molecule has 0 bridgehead atoms. The van der Waals surface area contributed by atoms with Gasteiger partial charge in [-0.15, -0.1) is 5.06 Å². The van der Waals surface area contributed by atoms with Crippen molar-refractivity contribution in [3.63, 3.8) is 0 Å². The number of rotatable bonds is 11. The Morgan fingerprint density at radius 1 is 1.12 bits per heavy atom. The van der Waals surface area contributed by atoms with Crippen molar-refractivity contribution >= 4 is 29.8 Å². The number of aromatic nitrogens is 2. The fourth-order valence-electron chi connectivity index (χ4n) is 4.44. The van der Waals surface area contributed by atoms with Crippen LogP contribution in [0.1, 0.15) is 36.7 Å². The summed E-state index contributed by atoms with van der Waals surface area (Å²) in [6.07, 6.45) is -0.472. The van der Waals surface area contributed by atoms with Crippen LogP contribution in [0, 0.1) is 0 Å². The summed E-state index contributed by atoms with van der Waals surface area (Å²) in [6.45, 7) is 3.85. The smallest absolute Gasteiger partial charge is 0.481 e. The first-order valence-corrected chi connectivity index (χ1v) is 13.5. The fourth-order valence-corrected chi connectivity index (χ4v) is 4.44. The summed E-state index contributed by atoms with van der Waals surface area (Å²) in [7, 11) is 0. The van der Waals surface area contributed by atoms with E-state index in [1.165, 1.54) is 16.0 Å². The van der Waals surface area contributed by atoms with Gasteiger partial charge in [0.2, 0.25) is 5.91 Å². The first-order chi connectivity index (χ1) is 19.8. The highest BCUT2D eigenvalue weighted by atomic mass is 16.8. The molecule has 14 nitrogen and oxygen atoms in total. The molecule has 14 heteroatoms. The van der Waals surface area contributed by atoms with Gasteiger partial charge in [-0.3, -0.25) is 14.4 Å².